The van der Waals surface area contributed by atoms with Crippen LogP contribution in [-0.2, 0) is 36.9 Å². The summed E-state index contributed by atoms with van der Waals surface area (Å²) in [5, 5.41) is 15.4. The molecular formula is C28H36ClN3O7. The van der Waals surface area contributed by atoms with Crippen molar-refractivity contribution in [1.29, 1.82) is 0 Å². The van der Waals surface area contributed by atoms with Gasteiger partial charge >= 0.3 is 18.0 Å². The summed E-state index contributed by atoms with van der Waals surface area (Å²) in [5.74, 6) is -1.95. The number of aliphatic carboxylic acids is 1. The number of carbonyl (C=O) groups is 4. The first-order chi connectivity index (χ1) is 18.4. The molecule has 0 aromatic heterocycles. The van der Waals surface area contributed by atoms with Crippen molar-refractivity contribution in [2.24, 2.45) is 0 Å². The minimum absolute atomic E-state index is 0. The maximum absolute atomic E-state index is 13.4. The van der Waals surface area contributed by atoms with Crippen LogP contribution in [0.2, 0.25) is 0 Å². The molecule has 3 rings (SSSR count). The van der Waals surface area contributed by atoms with E-state index < -0.39 is 30.1 Å². The predicted octanol–water partition coefficient (Wildman–Crippen LogP) is 3.46. The third-order valence-electron chi connectivity index (χ3n) is 6.24. The molecule has 0 saturated heterocycles. The fraction of sp³-hybridized carbons (Fsp3) is 0.429. The molecule has 10 nitrogen and oxygen atoms in total. The number of para-hydroxylation sites is 1. The van der Waals surface area contributed by atoms with E-state index in [-0.39, 0.29) is 44.5 Å². The van der Waals surface area contributed by atoms with Gasteiger partial charge in [0.1, 0.15) is 19.2 Å². The number of nitrogens with zero attached hydrogens (tertiary/aromatic N) is 1. The number of fused-ring (bicyclic) bond motifs is 1. The Kier molecular flexibility index (Phi) is 13.2. The second-order valence-electron chi connectivity index (χ2n) is 8.99. The summed E-state index contributed by atoms with van der Waals surface area (Å²) in [7, 11) is 0. The molecule has 2 aromatic rings. The number of benzene rings is 2. The highest BCUT2D eigenvalue weighted by Crippen LogP contribution is 2.27. The van der Waals surface area contributed by atoms with E-state index >= 15 is 0 Å². The first-order valence-corrected chi connectivity index (χ1v) is 12.9. The zero-order valence-electron chi connectivity index (χ0n) is 22.0. The van der Waals surface area contributed by atoms with Crippen LogP contribution < -0.4 is 15.5 Å². The number of aryl methyl sites for hydroxylation is 1. The Morgan fingerprint density at radius 1 is 1.05 bits per heavy atom. The third kappa shape index (κ3) is 9.88. The molecule has 0 fully saturated rings. The number of nitrogens with one attached hydrogen (secondary N) is 2. The number of carbonyl (C=O) groups excluding carboxylic acids is 3. The van der Waals surface area contributed by atoms with Crippen molar-refractivity contribution in [3.05, 3.63) is 65.7 Å². The Balaban J connectivity index is 0.00000533. The van der Waals surface area contributed by atoms with Gasteiger partial charge in [-0.15, -0.1) is 12.4 Å². The molecule has 1 aliphatic rings. The number of unbranched alkanes of at least 4 members (excludes halogenated alkanes) is 1. The largest absolute Gasteiger partial charge is 0.480 e. The maximum Gasteiger partial charge on any atom is 0.407 e. The number of amides is 2. The quantitative estimate of drug-likeness (QED) is 0.250. The van der Waals surface area contributed by atoms with Crippen LogP contribution in [-0.4, -0.2) is 60.8 Å². The number of hydrogen-bond donors (Lipinski definition) is 3. The van der Waals surface area contributed by atoms with Crippen molar-refractivity contribution in [1.82, 2.24) is 10.6 Å². The van der Waals surface area contributed by atoms with Crippen LogP contribution in [0.25, 0.3) is 0 Å². The zero-order valence-corrected chi connectivity index (χ0v) is 22.8. The summed E-state index contributed by atoms with van der Waals surface area (Å²) in [6.07, 6.45) is 1.74. The van der Waals surface area contributed by atoms with Crippen molar-refractivity contribution in [3.8, 4) is 0 Å². The van der Waals surface area contributed by atoms with Gasteiger partial charge in [-0.1, -0.05) is 48.5 Å². The molecule has 2 amide bonds. The lowest BCUT2D eigenvalue weighted by Gasteiger charge is -2.27. The van der Waals surface area contributed by atoms with Crippen LogP contribution in [0.5, 0.6) is 0 Å². The highest BCUT2D eigenvalue weighted by atomic mass is 35.5. The SMILES string of the molecule is CCOC(=O)CN1C(=O)[C@@H](N[C@@H](CCCCNC(=O)OCc2ccccc2)C(=O)O)CCc2ccccc21.Cl. The maximum atomic E-state index is 13.4. The van der Waals surface area contributed by atoms with Crippen molar-refractivity contribution in [2.75, 3.05) is 24.6 Å². The number of esters is 1. The number of alkyl carbamates (subject to hydrolysis) is 1. The van der Waals surface area contributed by atoms with Crippen LogP contribution in [0, 0.1) is 0 Å². The van der Waals surface area contributed by atoms with Gasteiger partial charge < -0.3 is 19.9 Å². The molecule has 0 radical (unpaired) electrons. The molecule has 0 spiro atoms. The summed E-state index contributed by atoms with van der Waals surface area (Å²) in [6, 6.07) is 14.9. The molecule has 11 heteroatoms. The van der Waals surface area contributed by atoms with E-state index in [1.165, 1.54) is 4.90 Å². The van der Waals surface area contributed by atoms with Crippen LogP contribution in [0.4, 0.5) is 10.5 Å². The standard InChI is InChI=1S/C28H35N3O7.ClH/c1-2-37-25(32)18-31-24-14-7-6-12-21(24)15-16-22(26(31)33)30-23(27(34)35)13-8-9-17-29-28(36)38-19-20-10-4-3-5-11-20;/h3-7,10-12,14,22-23,30H,2,8-9,13,15-19H2,1H3,(H,29,36)(H,34,35);1H/t22-,23-;/m0./s1. The van der Waals surface area contributed by atoms with Gasteiger partial charge in [0.05, 0.1) is 12.6 Å². The summed E-state index contributed by atoms with van der Waals surface area (Å²) in [5.41, 5.74) is 2.42. The Morgan fingerprint density at radius 3 is 2.49 bits per heavy atom. The number of halogens is 1. The summed E-state index contributed by atoms with van der Waals surface area (Å²) >= 11 is 0. The molecule has 3 N–H and O–H groups in total. The average molecular weight is 562 g/mol. The van der Waals surface area contributed by atoms with E-state index in [2.05, 4.69) is 10.6 Å². The molecule has 212 valence electrons. The Morgan fingerprint density at radius 2 is 1.77 bits per heavy atom. The predicted molar refractivity (Wildman–Crippen MR) is 148 cm³/mol. The number of anilines is 1. The van der Waals surface area contributed by atoms with Gasteiger partial charge in [-0.3, -0.25) is 24.6 Å². The summed E-state index contributed by atoms with van der Waals surface area (Å²) in [6.45, 7) is 2.16. The van der Waals surface area contributed by atoms with Gasteiger partial charge in [0.15, 0.2) is 0 Å². The van der Waals surface area contributed by atoms with Crippen LogP contribution in [0.3, 0.4) is 0 Å². The van der Waals surface area contributed by atoms with Gasteiger partial charge in [0.25, 0.3) is 0 Å². The molecule has 1 aliphatic heterocycles. The first kappa shape index (κ1) is 31.6. The lowest BCUT2D eigenvalue weighted by Crippen LogP contribution is -2.52. The fourth-order valence-electron chi connectivity index (χ4n) is 4.33. The molecule has 0 aliphatic carbocycles. The third-order valence-corrected chi connectivity index (χ3v) is 6.24. The molecule has 2 aromatic carbocycles. The second-order valence-corrected chi connectivity index (χ2v) is 8.99. The van der Waals surface area contributed by atoms with E-state index in [4.69, 9.17) is 9.47 Å². The highest BCUT2D eigenvalue weighted by Gasteiger charge is 2.34. The van der Waals surface area contributed by atoms with Crippen LogP contribution in [0.15, 0.2) is 54.6 Å². The lowest BCUT2D eigenvalue weighted by atomic mass is 10.0. The van der Waals surface area contributed by atoms with E-state index in [0.717, 1.165) is 11.1 Å². The fourth-order valence-corrected chi connectivity index (χ4v) is 4.33. The Hall–Kier alpha value is -3.63. The molecule has 0 bridgehead atoms. The molecule has 39 heavy (non-hydrogen) atoms. The van der Waals surface area contributed by atoms with Crippen LogP contribution in [0.1, 0.15) is 43.7 Å². The molecular weight excluding hydrogens is 526 g/mol. The monoisotopic (exact) mass is 561 g/mol. The van der Waals surface area contributed by atoms with Gasteiger partial charge in [0, 0.05) is 12.2 Å². The van der Waals surface area contributed by atoms with Crippen molar-refractivity contribution in [3.63, 3.8) is 0 Å². The second kappa shape index (κ2) is 16.4. The number of rotatable bonds is 13. The van der Waals surface area contributed by atoms with Gasteiger partial charge in [-0.2, -0.15) is 0 Å². The summed E-state index contributed by atoms with van der Waals surface area (Å²) < 4.78 is 10.2. The van der Waals surface area contributed by atoms with E-state index in [9.17, 15) is 24.3 Å². The molecule has 0 saturated carbocycles. The van der Waals surface area contributed by atoms with E-state index in [0.29, 0.717) is 37.9 Å². The summed E-state index contributed by atoms with van der Waals surface area (Å²) in [4.78, 5) is 50.9. The normalized spacial score (nSPS) is 15.3. The van der Waals surface area contributed by atoms with Gasteiger partial charge in [0.2, 0.25) is 5.91 Å². The minimum Gasteiger partial charge on any atom is -0.480 e. The zero-order chi connectivity index (χ0) is 27.3. The first-order valence-electron chi connectivity index (χ1n) is 12.9. The van der Waals surface area contributed by atoms with Gasteiger partial charge in [-0.05, 0) is 56.2 Å². The highest BCUT2D eigenvalue weighted by molar-refractivity contribution is 6.02. The average Bonchev–Trinajstić information content (AvgIpc) is 3.04. The smallest absolute Gasteiger partial charge is 0.407 e. The van der Waals surface area contributed by atoms with Crippen molar-refractivity contribution < 1.29 is 33.8 Å². The van der Waals surface area contributed by atoms with E-state index in [1.807, 2.05) is 42.5 Å². The number of ether oxygens (including phenoxy) is 2. The Bertz CT molecular complexity index is 1100. The molecule has 0 unspecified atom stereocenters. The van der Waals surface area contributed by atoms with Crippen molar-refractivity contribution in [2.45, 2.75) is 57.7 Å². The van der Waals surface area contributed by atoms with Crippen molar-refractivity contribution >= 4 is 42.0 Å². The minimum atomic E-state index is -1.06. The number of hydrogen-bond acceptors (Lipinski definition) is 7. The molecule has 1 heterocycles. The van der Waals surface area contributed by atoms with E-state index in [1.54, 1.807) is 19.1 Å². The lowest BCUT2D eigenvalue weighted by molar-refractivity contribution is -0.143. The Labute approximate surface area is 234 Å². The van der Waals surface area contributed by atoms with Gasteiger partial charge in [-0.25, -0.2) is 4.79 Å². The molecule has 2 atom stereocenters. The topological polar surface area (TPSA) is 134 Å². The number of carboxylic acids is 1. The number of carboxylic acid groups (broad SMARTS) is 1. The van der Waals surface area contributed by atoms with Crippen LogP contribution >= 0.6 is 12.4 Å².